The number of alkyl halides is 3. The van der Waals surface area contributed by atoms with Gasteiger partial charge in [0.05, 0.1) is 35.3 Å². The average Bonchev–Trinajstić information content (AvgIpc) is 3.04. The van der Waals surface area contributed by atoms with Gasteiger partial charge in [-0.05, 0) is 56.3 Å². The van der Waals surface area contributed by atoms with Crippen LogP contribution in [0, 0.1) is 6.92 Å². The number of ether oxygens (including phenoxy) is 1. The molecule has 0 aliphatic heterocycles. The van der Waals surface area contributed by atoms with Gasteiger partial charge in [-0.2, -0.15) is 18.3 Å². The predicted octanol–water partition coefficient (Wildman–Crippen LogP) is 4.85. The molecule has 0 aliphatic carbocycles. The highest BCUT2D eigenvalue weighted by Gasteiger charge is 2.30. The van der Waals surface area contributed by atoms with Crippen LogP contribution < -0.4 is 10.1 Å². The molecule has 0 bridgehead atoms. The lowest BCUT2D eigenvalue weighted by Gasteiger charge is -2.10. The molecule has 0 atom stereocenters. The summed E-state index contributed by atoms with van der Waals surface area (Å²) < 4.78 is 45.5. The van der Waals surface area contributed by atoms with Crippen LogP contribution in [0.25, 0.3) is 5.69 Å². The van der Waals surface area contributed by atoms with E-state index in [1.807, 2.05) is 6.92 Å². The van der Waals surface area contributed by atoms with E-state index in [1.165, 1.54) is 23.0 Å². The molecule has 2 aromatic carbocycles. The van der Waals surface area contributed by atoms with Gasteiger partial charge in [0.15, 0.2) is 0 Å². The Kier molecular flexibility index (Phi) is 5.39. The zero-order valence-electron chi connectivity index (χ0n) is 15.2. The lowest BCUT2D eigenvalue weighted by molar-refractivity contribution is -0.137. The van der Waals surface area contributed by atoms with Crippen molar-refractivity contribution in [2.24, 2.45) is 0 Å². The van der Waals surface area contributed by atoms with E-state index in [0.29, 0.717) is 23.7 Å². The van der Waals surface area contributed by atoms with E-state index in [0.717, 1.165) is 12.1 Å². The molecule has 0 saturated carbocycles. The van der Waals surface area contributed by atoms with E-state index in [1.54, 1.807) is 31.2 Å². The summed E-state index contributed by atoms with van der Waals surface area (Å²) in [4.78, 5) is 12.5. The van der Waals surface area contributed by atoms with Crippen molar-refractivity contribution in [3.05, 3.63) is 71.5 Å². The number of anilines is 1. The number of halogens is 3. The van der Waals surface area contributed by atoms with Crippen LogP contribution in [0.1, 0.15) is 28.5 Å². The van der Waals surface area contributed by atoms with Crippen molar-refractivity contribution in [2.75, 3.05) is 11.9 Å². The van der Waals surface area contributed by atoms with Crippen molar-refractivity contribution in [2.45, 2.75) is 20.0 Å². The molecule has 0 aliphatic rings. The second-order valence-electron chi connectivity index (χ2n) is 6.02. The van der Waals surface area contributed by atoms with Crippen molar-refractivity contribution >= 4 is 11.6 Å². The number of benzene rings is 2. The summed E-state index contributed by atoms with van der Waals surface area (Å²) in [5, 5.41) is 6.82. The summed E-state index contributed by atoms with van der Waals surface area (Å²) in [5.41, 5.74) is 0.724. The molecule has 0 fully saturated rings. The smallest absolute Gasteiger partial charge is 0.416 e. The zero-order valence-corrected chi connectivity index (χ0v) is 15.2. The number of rotatable bonds is 5. The molecule has 28 heavy (non-hydrogen) atoms. The molecule has 1 amide bonds. The Hall–Kier alpha value is -3.29. The lowest BCUT2D eigenvalue weighted by atomic mass is 10.2. The van der Waals surface area contributed by atoms with Crippen LogP contribution in [0.2, 0.25) is 0 Å². The highest BCUT2D eigenvalue weighted by atomic mass is 19.4. The predicted molar refractivity (Wildman–Crippen MR) is 98.9 cm³/mol. The summed E-state index contributed by atoms with van der Waals surface area (Å²) in [5.74, 6) is 0.286. The maximum atomic E-state index is 12.9. The molecule has 3 aromatic rings. The average molecular weight is 389 g/mol. The first-order valence-electron chi connectivity index (χ1n) is 8.56. The van der Waals surface area contributed by atoms with E-state index in [-0.39, 0.29) is 11.3 Å². The van der Waals surface area contributed by atoms with Crippen LogP contribution in [-0.4, -0.2) is 22.3 Å². The van der Waals surface area contributed by atoms with Gasteiger partial charge in [-0.25, -0.2) is 4.68 Å². The summed E-state index contributed by atoms with van der Waals surface area (Å²) >= 11 is 0. The molecular formula is C20H18F3N3O2. The van der Waals surface area contributed by atoms with Gasteiger partial charge in [0, 0.05) is 5.69 Å². The number of aromatic nitrogens is 2. The van der Waals surface area contributed by atoms with Crippen LogP contribution in [0.3, 0.4) is 0 Å². The molecule has 0 radical (unpaired) electrons. The molecular weight excluding hydrogens is 371 g/mol. The molecule has 5 nitrogen and oxygen atoms in total. The summed E-state index contributed by atoms with van der Waals surface area (Å²) in [7, 11) is 0. The number of hydrogen-bond acceptors (Lipinski definition) is 3. The fourth-order valence-corrected chi connectivity index (χ4v) is 2.71. The Morgan fingerprint density at radius 1 is 1.18 bits per heavy atom. The first kappa shape index (κ1) is 19.5. The first-order valence-corrected chi connectivity index (χ1v) is 8.56. The van der Waals surface area contributed by atoms with Crippen LogP contribution >= 0.6 is 0 Å². The van der Waals surface area contributed by atoms with Crippen molar-refractivity contribution < 1.29 is 22.7 Å². The van der Waals surface area contributed by atoms with E-state index in [4.69, 9.17) is 4.74 Å². The minimum absolute atomic E-state index is 0.229. The Morgan fingerprint density at radius 3 is 2.54 bits per heavy atom. The number of carbonyl (C=O) groups excluding carboxylic acids is 1. The summed E-state index contributed by atoms with van der Waals surface area (Å²) in [6.07, 6.45) is -3.12. The van der Waals surface area contributed by atoms with Gasteiger partial charge in [0.25, 0.3) is 5.91 Å². The third kappa shape index (κ3) is 4.16. The molecule has 0 saturated heterocycles. The zero-order chi connectivity index (χ0) is 20.3. The minimum atomic E-state index is -4.45. The standard InChI is InChI=1S/C20H18F3N3O2/c1-3-28-17-9-7-15(8-10-17)25-19(27)18-12-24-26(13(18)2)16-6-4-5-14(11-16)20(21,22)23/h4-12H,3H2,1-2H3,(H,25,27). The third-order valence-corrected chi connectivity index (χ3v) is 4.10. The highest BCUT2D eigenvalue weighted by Crippen LogP contribution is 2.30. The molecule has 0 unspecified atom stereocenters. The Bertz CT molecular complexity index is 979. The molecule has 3 rings (SSSR count). The van der Waals surface area contributed by atoms with Gasteiger partial charge < -0.3 is 10.1 Å². The second kappa shape index (κ2) is 7.75. The van der Waals surface area contributed by atoms with Crippen LogP contribution in [-0.2, 0) is 6.18 Å². The van der Waals surface area contributed by atoms with E-state index in [2.05, 4.69) is 10.4 Å². The van der Waals surface area contributed by atoms with E-state index < -0.39 is 17.6 Å². The van der Waals surface area contributed by atoms with E-state index in [9.17, 15) is 18.0 Å². The van der Waals surface area contributed by atoms with Crippen molar-refractivity contribution in [1.82, 2.24) is 9.78 Å². The van der Waals surface area contributed by atoms with Crippen molar-refractivity contribution in [1.29, 1.82) is 0 Å². The van der Waals surface area contributed by atoms with Gasteiger partial charge >= 0.3 is 6.18 Å². The molecule has 1 aromatic heterocycles. The summed E-state index contributed by atoms with van der Waals surface area (Å²) in [6, 6.07) is 11.7. The number of hydrogen-bond donors (Lipinski definition) is 1. The molecule has 1 N–H and O–H groups in total. The molecule has 8 heteroatoms. The van der Waals surface area contributed by atoms with Gasteiger partial charge in [0.2, 0.25) is 0 Å². The SMILES string of the molecule is CCOc1ccc(NC(=O)c2cnn(-c3cccc(C(F)(F)F)c3)c2C)cc1. The van der Waals surface area contributed by atoms with Gasteiger partial charge in [-0.1, -0.05) is 6.07 Å². The number of nitrogens with one attached hydrogen (secondary N) is 1. The Labute approximate surface area is 159 Å². The van der Waals surface area contributed by atoms with Gasteiger partial charge in [0.1, 0.15) is 5.75 Å². The molecule has 146 valence electrons. The maximum Gasteiger partial charge on any atom is 0.416 e. The topological polar surface area (TPSA) is 56.1 Å². The number of carbonyl (C=O) groups is 1. The normalized spacial score (nSPS) is 11.3. The van der Waals surface area contributed by atoms with Gasteiger partial charge in [-0.3, -0.25) is 4.79 Å². The summed E-state index contributed by atoms with van der Waals surface area (Å²) in [6.45, 7) is 4.04. The van der Waals surface area contributed by atoms with Crippen LogP contribution in [0.4, 0.5) is 18.9 Å². The third-order valence-electron chi connectivity index (χ3n) is 4.10. The fraction of sp³-hybridized carbons (Fsp3) is 0.200. The molecule has 1 heterocycles. The first-order chi connectivity index (χ1) is 13.3. The van der Waals surface area contributed by atoms with E-state index >= 15 is 0 Å². The fourth-order valence-electron chi connectivity index (χ4n) is 2.71. The van der Waals surface area contributed by atoms with Crippen molar-refractivity contribution in [3.8, 4) is 11.4 Å². The van der Waals surface area contributed by atoms with Crippen LogP contribution in [0.5, 0.6) is 5.75 Å². The lowest BCUT2D eigenvalue weighted by Crippen LogP contribution is -2.13. The number of amides is 1. The second-order valence-corrected chi connectivity index (χ2v) is 6.02. The Balaban J connectivity index is 1.82. The Morgan fingerprint density at radius 2 is 1.89 bits per heavy atom. The highest BCUT2D eigenvalue weighted by molar-refractivity contribution is 6.05. The molecule has 0 spiro atoms. The quantitative estimate of drug-likeness (QED) is 0.679. The minimum Gasteiger partial charge on any atom is -0.494 e. The van der Waals surface area contributed by atoms with Crippen molar-refractivity contribution in [3.63, 3.8) is 0 Å². The monoisotopic (exact) mass is 389 g/mol. The maximum absolute atomic E-state index is 12.9. The van der Waals surface area contributed by atoms with Gasteiger partial charge in [-0.15, -0.1) is 0 Å². The number of nitrogens with zero attached hydrogens (tertiary/aromatic N) is 2. The van der Waals surface area contributed by atoms with Crippen LogP contribution in [0.15, 0.2) is 54.7 Å². The largest absolute Gasteiger partial charge is 0.494 e.